The number of halogens is 1. The zero-order valence-corrected chi connectivity index (χ0v) is 11.0. The summed E-state index contributed by atoms with van der Waals surface area (Å²) in [6.45, 7) is 0.0388. The third kappa shape index (κ3) is 4.04. The highest BCUT2D eigenvalue weighted by molar-refractivity contribution is 5.93. The number of hydrogen-bond donors (Lipinski definition) is 3. The molecule has 0 radical (unpaired) electrons. The second-order valence-corrected chi connectivity index (χ2v) is 4.29. The van der Waals surface area contributed by atoms with E-state index in [-0.39, 0.29) is 12.1 Å². The molecule has 0 heterocycles. The minimum Gasteiger partial charge on any atom is -0.478 e. The van der Waals surface area contributed by atoms with Gasteiger partial charge in [0.15, 0.2) is 0 Å². The molecular formula is C15H13FN2O3. The van der Waals surface area contributed by atoms with Crippen molar-refractivity contribution in [3.8, 4) is 0 Å². The van der Waals surface area contributed by atoms with Gasteiger partial charge in [-0.05, 0) is 24.3 Å². The quantitative estimate of drug-likeness (QED) is 0.809. The van der Waals surface area contributed by atoms with Crippen molar-refractivity contribution in [1.29, 1.82) is 0 Å². The third-order valence-corrected chi connectivity index (χ3v) is 2.76. The van der Waals surface area contributed by atoms with Crippen molar-refractivity contribution in [2.45, 2.75) is 6.54 Å². The fraction of sp³-hybridized carbons (Fsp3) is 0.0667. The average molecular weight is 288 g/mol. The lowest BCUT2D eigenvalue weighted by atomic mass is 10.2. The van der Waals surface area contributed by atoms with E-state index < -0.39 is 17.8 Å². The number of anilines is 1. The van der Waals surface area contributed by atoms with E-state index in [1.807, 2.05) is 0 Å². The molecule has 0 aliphatic rings. The Hall–Kier alpha value is -2.89. The Balaban J connectivity index is 1.95. The molecule has 108 valence electrons. The molecule has 3 N–H and O–H groups in total. The Labute approximate surface area is 120 Å². The second kappa shape index (κ2) is 6.51. The molecule has 0 aliphatic carbocycles. The van der Waals surface area contributed by atoms with Gasteiger partial charge in [0.05, 0.1) is 5.56 Å². The highest BCUT2D eigenvalue weighted by atomic mass is 19.1. The first kappa shape index (κ1) is 14.5. The first-order valence-electron chi connectivity index (χ1n) is 6.18. The lowest BCUT2D eigenvalue weighted by Crippen LogP contribution is -2.28. The maximum atomic E-state index is 13.4. The molecule has 2 aromatic rings. The molecule has 2 aromatic carbocycles. The summed E-state index contributed by atoms with van der Waals surface area (Å²) in [5.74, 6) is -1.48. The van der Waals surface area contributed by atoms with Crippen molar-refractivity contribution >= 4 is 17.7 Å². The summed E-state index contributed by atoms with van der Waals surface area (Å²) in [5.41, 5.74) is 0.787. The Bertz CT molecular complexity index is 673. The first-order valence-corrected chi connectivity index (χ1v) is 6.18. The normalized spacial score (nSPS) is 9.95. The summed E-state index contributed by atoms with van der Waals surface area (Å²) in [7, 11) is 0. The minimum atomic E-state index is -1.08. The van der Waals surface area contributed by atoms with Crippen LogP contribution in [0.5, 0.6) is 0 Å². The molecule has 6 heteroatoms. The van der Waals surface area contributed by atoms with Crippen LogP contribution in [0.3, 0.4) is 0 Å². The Morgan fingerprint density at radius 2 is 1.86 bits per heavy atom. The van der Waals surface area contributed by atoms with Crippen LogP contribution >= 0.6 is 0 Å². The van der Waals surface area contributed by atoms with Crippen LogP contribution in [0.1, 0.15) is 15.9 Å². The molecule has 0 aromatic heterocycles. The van der Waals surface area contributed by atoms with Crippen LogP contribution in [0.25, 0.3) is 0 Å². The standard InChI is InChI=1S/C15H13FN2O3/c16-13-7-2-1-4-11(13)9-17-15(21)18-12-6-3-5-10(8-12)14(19)20/h1-8H,9H2,(H,19,20)(H2,17,18,21). The van der Waals surface area contributed by atoms with E-state index >= 15 is 0 Å². The highest BCUT2D eigenvalue weighted by Crippen LogP contribution is 2.11. The molecule has 0 spiro atoms. The number of aromatic carboxylic acids is 1. The van der Waals surface area contributed by atoms with Crippen LogP contribution in [0.4, 0.5) is 14.9 Å². The van der Waals surface area contributed by atoms with Gasteiger partial charge in [0.2, 0.25) is 0 Å². The summed E-state index contributed by atoms with van der Waals surface area (Å²) >= 11 is 0. The Morgan fingerprint density at radius 3 is 2.57 bits per heavy atom. The molecule has 0 fully saturated rings. The number of carboxylic acids is 1. The van der Waals surface area contributed by atoms with Gasteiger partial charge in [0.1, 0.15) is 5.82 Å². The van der Waals surface area contributed by atoms with Crippen molar-refractivity contribution < 1.29 is 19.1 Å². The van der Waals surface area contributed by atoms with Gasteiger partial charge >= 0.3 is 12.0 Å². The molecule has 0 saturated carbocycles. The smallest absolute Gasteiger partial charge is 0.335 e. The summed E-state index contributed by atoms with van der Waals surface area (Å²) in [4.78, 5) is 22.5. The van der Waals surface area contributed by atoms with Gasteiger partial charge in [-0.15, -0.1) is 0 Å². The summed E-state index contributed by atoms with van der Waals surface area (Å²) in [5, 5.41) is 13.8. The lowest BCUT2D eigenvalue weighted by Gasteiger charge is -2.08. The van der Waals surface area contributed by atoms with Gasteiger partial charge in [0.25, 0.3) is 0 Å². The summed E-state index contributed by atoms with van der Waals surface area (Å²) in [6.07, 6.45) is 0. The molecule has 2 amide bonds. The average Bonchev–Trinajstić information content (AvgIpc) is 2.46. The monoisotopic (exact) mass is 288 g/mol. The number of amides is 2. The lowest BCUT2D eigenvalue weighted by molar-refractivity contribution is 0.0697. The van der Waals surface area contributed by atoms with E-state index in [4.69, 9.17) is 5.11 Å². The zero-order chi connectivity index (χ0) is 15.2. The van der Waals surface area contributed by atoms with Crippen molar-refractivity contribution in [1.82, 2.24) is 5.32 Å². The van der Waals surface area contributed by atoms with Crippen molar-refractivity contribution in [3.63, 3.8) is 0 Å². The topological polar surface area (TPSA) is 78.4 Å². The number of urea groups is 1. The molecule has 0 unspecified atom stereocenters. The van der Waals surface area contributed by atoms with Gasteiger partial charge < -0.3 is 15.7 Å². The summed E-state index contributed by atoms with van der Waals surface area (Å²) in [6, 6.07) is 11.4. The number of carbonyl (C=O) groups excluding carboxylic acids is 1. The zero-order valence-electron chi connectivity index (χ0n) is 11.0. The van der Waals surface area contributed by atoms with Crippen LogP contribution in [0, 0.1) is 5.82 Å². The van der Waals surface area contributed by atoms with Crippen molar-refractivity contribution in [3.05, 3.63) is 65.5 Å². The van der Waals surface area contributed by atoms with Gasteiger partial charge in [-0.1, -0.05) is 24.3 Å². The van der Waals surface area contributed by atoms with E-state index in [0.29, 0.717) is 11.3 Å². The van der Waals surface area contributed by atoms with E-state index in [1.165, 1.54) is 24.3 Å². The van der Waals surface area contributed by atoms with E-state index in [1.54, 1.807) is 24.3 Å². The number of carboxylic acid groups (broad SMARTS) is 1. The first-order chi connectivity index (χ1) is 10.1. The molecule has 5 nitrogen and oxygen atoms in total. The highest BCUT2D eigenvalue weighted by Gasteiger charge is 2.07. The van der Waals surface area contributed by atoms with Crippen LogP contribution < -0.4 is 10.6 Å². The molecule has 0 bridgehead atoms. The molecule has 0 atom stereocenters. The van der Waals surface area contributed by atoms with Crippen LogP contribution in [-0.4, -0.2) is 17.1 Å². The Kier molecular flexibility index (Phi) is 4.50. The SMILES string of the molecule is O=C(NCc1ccccc1F)Nc1cccc(C(=O)O)c1. The predicted molar refractivity (Wildman–Crippen MR) is 75.7 cm³/mol. The van der Waals surface area contributed by atoms with Gasteiger partial charge in [-0.25, -0.2) is 14.0 Å². The maximum absolute atomic E-state index is 13.4. The maximum Gasteiger partial charge on any atom is 0.335 e. The Morgan fingerprint density at radius 1 is 1.10 bits per heavy atom. The molecular weight excluding hydrogens is 275 g/mol. The second-order valence-electron chi connectivity index (χ2n) is 4.29. The molecule has 0 aliphatic heterocycles. The third-order valence-electron chi connectivity index (χ3n) is 2.76. The van der Waals surface area contributed by atoms with Gasteiger partial charge in [-0.3, -0.25) is 0 Å². The number of benzene rings is 2. The predicted octanol–water partition coefficient (Wildman–Crippen LogP) is 2.85. The largest absolute Gasteiger partial charge is 0.478 e. The number of rotatable bonds is 4. The summed E-state index contributed by atoms with van der Waals surface area (Å²) < 4.78 is 13.4. The van der Waals surface area contributed by atoms with Crippen molar-refractivity contribution in [2.75, 3.05) is 5.32 Å². The van der Waals surface area contributed by atoms with Crippen LogP contribution in [0.2, 0.25) is 0 Å². The molecule has 21 heavy (non-hydrogen) atoms. The van der Waals surface area contributed by atoms with E-state index in [0.717, 1.165) is 0 Å². The van der Waals surface area contributed by atoms with Crippen LogP contribution in [-0.2, 0) is 6.54 Å². The molecule has 0 saturated heterocycles. The van der Waals surface area contributed by atoms with Gasteiger partial charge in [-0.2, -0.15) is 0 Å². The van der Waals surface area contributed by atoms with E-state index in [9.17, 15) is 14.0 Å². The van der Waals surface area contributed by atoms with E-state index in [2.05, 4.69) is 10.6 Å². The number of hydrogen-bond acceptors (Lipinski definition) is 2. The van der Waals surface area contributed by atoms with Crippen molar-refractivity contribution in [2.24, 2.45) is 0 Å². The minimum absolute atomic E-state index is 0.0388. The number of carbonyl (C=O) groups is 2. The van der Waals surface area contributed by atoms with Gasteiger partial charge in [0, 0.05) is 17.8 Å². The fourth-order valence-corrected chi connectivity index (χ4v) is 1.72. The number of nitrogens with one attached hydrogen (secondary N) is 2. The molecule has 2 rings (SSSR count). The van der Waals surface area contributed by atoms with Crippen LogP contribution in [0.15, 0.2) is 48.5 Å². The fourth-order valence-electron chi connectivity index (χ4n) is 1.72.